The van der Waals surface area contributed by atoms with Gasteiger partial charge < -0.3 is 10.6 Å². The summed E-state index contributed by atoms with van der Waals surface area (Å²) in [5, 5.41) is 0. The van der Waals surface area contributed by atoms with Crippen LogP contribution in [-0.2, 0) is 6.54 Å². The number of aromatic nitrogens is 2. The van der Waals surface area contributed by atoms with Crippen molar-refractivity contribution in [3.05, 3.63) is 46.8 Å². The van der Waals surface area contributed by atoms with Gasteiger partial charge >= 0.3 is 0 Å². The standard InChI is InChI=1S/C15H18BrN5/c16-12-1-2-13(18-9-12)11-20-5-7-21(8-6-20)14-3-4-15(17)19-10-14/h1-4,9-10H,5-8,11H2,(H2,17,19). The fourth-order valence-electron chi connectivity index (χ4n) is 2.48. The topological polar surface area (TPSA) is 58.3 Å². The zero-order valence-corrected chi connectivity index (χ0v) is 13.3. The van der Waals surface area contributed by atoms with Crippen molar-refractivity contribution in [3.8, 4) is 0 Å². The van der Waals surface area contributed by atoms with Crippen molar-refractivity contribution in [3.63, 3.8) is 0 Å². The van der Waals surface area contributed by atoms with Crippen molar-refractivity contribution in [2.75, 3.05) is 36.8 Å². The average Bonchev–Trinajstić information content (AvgIpc) is 2.51. The number of nitrogens with zero attached hydrogens (tertiary/aromatic N) is 4. The Morgan fingerprint density at radius 1 is 1.00 bits per heavy atom. The van der Waals surface area contributed by atoms with Gasteiger partial charge in [-0.15, -0.1) is 0 Å². The second kappa shape index (κ2) is 6.41. The van der Waals surface area contributed by atoms with Crippen LogP contribution in [0.4, 0.5) is 11.5 Å². The predicted molar refractivity (Wildman–Crippen MR) is 88.1 cm³/mol. The maximum absolute atomic E-state index is 5.63. The fraction of sp³-hybridized carbons (Fsp3) is 0.333. The number of piperazine rings is 1. The van der Waals surface area contributed by atoms with Gasteiger partial charge in [-0.05, 0) is 40.2 Å². The zero-order chi connectivity index (χ0) is 14.7. The quantitative estimate of drug-likeness (QED) is 0.921. The first kappa shape index (κ1) is 14.3. The van der Waals surface area contributed by atoms with Crippen molar-refractivity contribution < 1.29 is 0 Å². The van der Waals surface area contributed by atoms with E-state index >= 15 is 0 Å². The summed E-state index contributed by atoms with van der Waals surface area (Å²) in [5.74, 6) is 0.568. The van der Waals surface area contributed by atoms with Gasteiger partial charge in [0.05, 0.1) is 17.6 Å². The van der Waals surface area contributed by atoms with E-state index in [2.05, 4.69) is 41.8 Å². The predicted octanol–water partition coefficient (Wildman–Crippen LogP) is 2.14. The number of rotatable bonds is 3. The van der Waals surface area contributed by atoms with Gasteiger partial charge in [0.15, 0.2) is 0 Å². The van der Waals surface area contributed by atoms with E-state index < -0.39 is 0 Å². The summed E-state index contributed by atoms with van der Waals surface area (Å²) in [5.41, 5.74) is 7.88. The van der Waals surface area contributed by atoms with E-state index in [9.17, 15) is 0 Å². The molecule has 2 aromatic heterocycles. The van der Waals surface area contributed by atoms with Gasteiger partial charge in [-0.1, -0.05) is 0 Å². The SMILES string of the molecule is Nc1ccc(N2CCN(Cc3ccc(Br)cn3)CC2)cn1. The molecule has 6 heteroatoms. The highest BCUT2D eigenvalue weighted by atomic mass is 79.9. The summed E-state index contributed by atoms with van der Waals surface area (Å²) in [4.78, 5) is 13.4. The lowest BCUT2D eigenvalue weighted by Gasteiger charge is -2.35. The van der Waals surface area contributed by atoms with Crippen LogP contribution in [0.1, 0.15) is 5.69 Å². The number of hydrogen-bond acceptors (Lipinski definition) is 5. The van der Waals surface area contributed by atoms with Crippen LogP contribution in [-0.4, -0.2) is 41.0 Å². The van der Waals surface area contributed by atoms with E-state index in [0.717, 1.165) is 48.6 Å². The van der Waals surface area contributed by atoms with Crippen LogP contribution in [0.15, 0.2) is 41.1 Å². The minimum Gasteiger partial charge on any atom is -0.384 e. The van der Waals surface area contributed by atoms with Gasteiger partial charge in [-0.2, -0.15) is 0 Å². The van der Waals surface area contributed by atoms with Crippen LogP contribution in [0.3, 0.4) is 0 Å². The number of nitrogen functional groups attached to an aromatic ring is 1. The molecule has 0 bridgehead atoms. The van der Waals surface area contributed by atoms with Crippen molar-refractivity contribution in [2.45, 2.75) is 6.54 Å². The zero-order valence-electron chi connectivity index (χ0n) is 11.7. The largest absolute Gasteiger partial charge is 0.384 e. The van der Waals surface area contributed by atoms with E-state index in [1.165, 1.54) is 0 Å². The molecule has 3 heterocycles. The minimum atomic E-state index is 0.568. The molecule has 0 amide bonds. The van der Waals surface area contributed by atoms with Gasteiger partial charge in [0, 0.05) is 43.4 Å². The van der Waals surface area contributed by atoms with Crippen LogP contribution in [0.25, 0.3) is 0 Å². The molecule has 0 spiro atoms. The summed E-state index contributed by atoms with van der Waals surface area (Å²) >= 11 is 3.41. The van der Waals surface area contributed by atoms with Crippen molar-refractivity contribution >= 4 is 27.4 Å². The lowest BCUT2D eigenvalue weighted by Crippen LogP contribution is -2.46. The van der Waals surface area contributed by atoms with E-state index in [1.807, 2.05) is 30.6 Å². The molecule has 0 saturated carbocycles. The molecule has 3 rings (SSSR count). The monoisotopic (exact) mass is 347 g/mol. The van der Waals surface area contributed by atoms with Crippen LogP contribution in [0.5, 0.6) is 0 Å². The molecule has 110 valence electrons. The second-order valence-corrected chi connectivity index (χ2v) is 6.09. The molecular formula is C15H18BrN5. The third-order valence-electron chi connectivity index (χ3n) is 3.68. The van der Waals surface area contributed by atoms with E-state index in [4.69, 9.17) is 5.73 Å². The van der Waals surface area contributed by atoms with Crippen LogP contribution in [0.2, 0.25) is 0 Å². The first-order valence-electron chi connectivity index (χ1n) is 7.00. The van der Waals surface area contributed by atoms with Crippen molar-refractivity contribution in [1.82, 2.24) is 14.9 Å². The molecule has 0 aliphatic carbocycles. The molecule has 0 unspecified atom stereocenters. The molecule has 0 radical (unpaired) electrons. The molecule has 1 saturated heterocycles. The summed E-state index contributed by atoms with van der Waals surface area (Å²) in [7, 11) is 0. The number of hydrogen-bond donors (Lipinski definition) is 1. The highest BCUT2D eigenvalue weighted by Crippen LogP contribution is 2.17. The summed E-state index contributed by atoms with van der Waals surface area (Å²) in [6.07, 6.45) is 3.70. The molecule has 2 aromatic rings. The first-order valence-corrected chi connectivity index (χ1v) is 7.79. The van der Waals surface area contributed by atoms with E-state index in [-0.39, 0.29) is 0 Å². The van der Waals surface area contributed by atoms with Gasteiger partial charge in [0.25, 0.3) is 0 Å². The third kappa shape index (κ3) is 3.71. The van der Waals surface area contributed by atoms with Gasteiger partial charge in [0.1, 0.15) is 5.82 Å². The Hall–Kier alpha value is -1.66. The number of halogens is 1. The Morgan fingerprint density at radius 3 is 2.43 bits per heavy atom. The number of anilines is 2. The number of nitrogens with two attached hydrogens (primary N) is 1. The molecule has 5 nitrogen and oxygen atoms in total. The Balaban J connectivity index is 1.55. The van der Waals surface area contributed by atoms with Gasteiger partial charge in [-0.3, -0.25) is 9.88 Å². The molecule has 0 aromatic carbocycles. The summed E-state index contributed by atoms with van der Waals surface area (Å²) < 4.78 is 1.02. The highest BCUT2D eigenvalue weighted by Gasteiger charge is 2.17. The Kier molecular flexibility index (Phi) is 4.36. The third-order valence-corrected chi connectivity index (χ3v) is 4.15. The smallest absolute Gasteiger partial charge is 0.123 e. The highest BCUT2D eigenvalue weighted by molar-refractivity contribution is 9.10. The molecule has 1 fully saturated rings. The van der Waals surface area contributed by atoms with Crippen LogP contribution in [0, 0.1) is 0 Å². The van der Waals surface area contributed by atoms with Crippen molar-refractivity contribution in [1.29, 1.82) is 0 Å². The Bertz CT molecular complexity index is 576. The van der Waals surface area contributed by atoms with Crippen LogP contribution < -0.4 is 10.6 Å². The normalized spacial score (nSPS) is 16.1. The molecule has 1 aliphatic heterocycles. The van der Waals surface area contributed by atoms with Gasteiger partial charge in [-0.25, -0.2) is 4.98 Å². The second-order valence-electron chi connectivity index (χ2n) is 5.17. The lowest BCUT2D eigenvalue weighted by molar-refractivity contribution is 0.247. The molecule has 21 heavy (non-hydrogen) atoms. The maximum Gasteiger partial charge on any atom is 0.123 e. The first-order chi connectivity index (χ1) is 10.2. The van der Waals surface area contributed by atoms with Crippen molar-refractivity contribution in [2.24, 2.45) is 0 Å². The Morgan fingerprint density at radius 2 is 1.81 bits per heavy atom. The van der Waals surface area contributed by atoms with E-state index in [0.29, 0.717) is 5.82 Å². The van der Waals surface area contributed by atoms with Crippen LogP contribution >= 0.6 is 15.9 Å². The summed E-state index contributed by atoms with van der Waals surface area (Å²) in [6, 6.07) is 8.00. The molecule has 1 aliphatic rings. The molecular weight excluding hydrogens is 330 g/mol. The Labute approximate surface area is 132 Å². The number of pyridine rings is 2. The fourth-order valence-corrected chi connectivity index (χ4v) is 2.71. The minimum absolute atomic E-state index is 0.568. The average molecular weight is 348 g/mol. The maximum atomic E-state index is 5.63. The lowest BCUT2D eigenvalue weighted by atomic mass is 10.2. The van der Waals surface area contributed by atoms with Gasteiger partial charge in [0.2, 0.25) is 0 Å². The molecule has 2 N–H and O–H groups in total. The summed E-state index contributed by atoms with van der Waals surface area (Å²) in [6.45, 7) is 4.97. The molecule has 0 atom stereocenters. The van der Waals surface area contributed by atoms with E-state index in [1.54, 1.807) is 0 Å².